The Bertz CT molecular complexity index is 3040. The summed E-state index contributed by atoms with van der Waals surface area (Å²) in [4.78, 5) is 9.16. The molecule has 0 amide bonds. The van der Waals surface area contributed by atoms with Gasteiger partial charge < -0.3 is 14.7 Å². The molecular formula is C45H30N6. The lowest BCUT2D eigenvalue weighted by atomic mass is 10.1. The van der Waals surface area contributed by atoms with Crippen LogP contribution < -0.4 is 5.73 Å². The molecule has 0 bridgehead atoms. The molecule has 0 radical (unpaired) electrons. The molecule has 6 nitrogen and oxygen atoms in total. The quantitative estimate of drug-likeness (QED) is 0.112. The summed E-state index contributed by atoms with van der Waals surface area (Å²) in [7, 11) is 0. The minimum absolute atomic E-state index is 0.106. The van der Waals surface area contributed by atoms with Gasteiger partial charge in [0.15, 0.2) is 5.84 Å². The van der Waals surface area contributed by atoms with Crippen molar-refractivity contribution in [2.45, 2.75) is 0 Å². The molecule has 6 aromatic carbocycles. The van der Waals surface area contributed by atoms with Crippen LogP contribution in [0, 0.1) is 5.41 Å². The summed E-state index contributed by atoms with van der Waals surface area (Å²) in [5.41, 5.74) is 16.4. The van der Waals surface area contributed by atoms with E-state index in [-0.39, 0.29) is 5.84 Å². The molecule has 0 spiro atoms. The van der Waals surface area contributed by atoms with Crippen molar-refractivity contribution in [3.8, 4) is 16.9 Å². The largest absolute Gasteiger partial charge is 0.383 e. The van der Waals surface area contributed by atoms with E-state index in [0.29, 0.717) is 11.4 Å². The molecule has 0 saturated heterocycles. The number of pyridine rings is 2. The zero-order valence-electron chi connectivity index (χ0n) is 27.5. The number of rotatable bonds is 4. The molecule has 0 aliphatic rings. The Morgan fingerprint density at radius 1 is 0.529 bits per heavy atom. The van der Waals surface area contributed by atoms with E-state index in [9.17, 15) is 0 Å². The van der Waals surface area contributed by atoms with Crippen molar-refractivity contribution in [2.24, 2.45) is 10.7 Å². The van der Waals surface area contributed by atoms with Crippen LogP contribution in [0.5, 0.6) is 0 Å². The molecule has 10 aromatic rings. The van der Waals surface area contributed by atoms with Crippen molar-refractivity contribution in [3.05, 3.63) is 175 Å². The van der Waals surface area contributed by atoms with Gasteiger partial charge in [0.25, 0.3) is 0 Å². The molecule has 0 aliphatic carbocycles. The highest BCUT2D eigenvalue weighted by molar-refractivity contribution is 6.23. The molecule has 0 atom stereocenters. The highest BCUT2D eigenvalue weighted by Crippen LogP contribution is 2.41. The van der Waals surface area contributed by atoms with Gasteiger partial charge in [0.1, 0.15) is 5.84 Å². The fourth-order valence-corrected chi connectivity index (χ4v) is 7.70. The van der Waals surface area contributed by atoms with Gasteiger partial charge in [0.2, 0.25) is 0 Å². The lowest BCUT2D eigenvalue weighted by molar-refractivity contribution is 1.18. The molecule has 10 rings (SSSR count). The molecule has 4 aromatic heterocycles. The monoisotopic (exact) mass is 654 g/mol. The average Bonchev–Trinajstić information content (AvgIpc) is 3.75. The van der Waals surface area contributed by atoms with Crippen molar-refractivity contribution in [1.29, 1.82) is 5.41 Å². The second-order valence-electron chi connectivity index (χ2n) is 12.9. The van der Waals surface area contributed by atoms with Gasteiger partial charge in [0.05, 0.1) is 33.3 Å². The van der Waals surface area contributed by atoms with Crippen LogP contribution in [0.1, 0.15) is 11.1 Å². The van der Waals surface area contributed by atoms with Gasteiger partial charge in [-0.1, -0.05) is 103 Å². The number of nitrogens with zero attached hydrogens (tertiary/aromatic N) is 4. The van der Waals surface area contributed by atoms with Crippen molar-refractivity contribution in [1.82, 2.24) is 14.0 Å². The number of hydrogen-bond donors (Lipinski definition) is 2. The molecule has 0 unspecified atom stereocenters. The van der Waals surface area contributed by atoms with E-state index >= 15 is 0 Å². The van der Waals surface area contributed by atoms with E-state index < -0.39 is 0 Å². The fraction of sp³-hybridized carbons (Fsp3) is 0. The minimum atomic E-state index is 0.106. The topological polar surface area (TPSA) is 84.5 Å². The van der Waals surface area contributed by atoms with Crippen LogP contribution in [0.3, 0.4) is 0 Å². The van der Waals surface area contributed by atoms with Gasteiger partial charge >= 0.3 is 0 Å². The lowest BCUT2D eigenvalue weighted by Crippen LogP contribution is -2.15. The van der Waals surface area contributed by atoms with E-state index in [1.165, 1.54) is 27.2 Å². The third kappa shape index (κ3) is 4.47. The Labute approximate surface area is 292 Å². The number of aliphatic imine (C=N–C) groups is 1. The summed E-state index contributed by atoms with van der Waals surface area (Å²) in [6, 6.07) is 54.4. The Balaban J connectivity index is 1.28. The molecule has 0 aliphatic heterocycles. The number of benzene rings is 6. The number of nitrogens with two attached hydrogens (primary N) is 1. The van der Waals surface area contributed by atoms with Gasteiger partial charge in [-0.25, -0.2) is 4.99 Å². The normalized spacial score (nSPS) is 12.2. The Hall–Kier alpha value is -7.05. The van der Waals surface area contributed by atoms with Gasteiger partial charge in [-0.05, 0) is 60.0 Å². The number of nitrogens with one attached hydrogen (secondary N) is 1. The van der Waals surface area contributed by atoms with Gasteiger partial charge in [-0.15, -0.1) is 0 Å². The smallest absolute Gasteiger partial charge is 0.154 e. The van der Waals surface area contributed by atoms with Crippen LogP contribution >= 0.6 is 0 Å². The molecule has 6 heteroatoms. The Morgan fingerprint density at radius 2 is 1.24 bits per heavy atom. The number of amidine groups is 2. The van der Waals surface area contributed by atoms with Gasteiger partial charge in [-0.2, -0.15) is 0 Å². The van der Waals surface area contributed by atoms with Crippen molar-refractivity contribution in [3.63, 3.8) is 0 Å². The first-order valence-electron chi connectivity index (χ1n) is 17.0. The number of para-hydroxylation sites is 1. The molecule has 240 valence electrons. The number of aromatic nitrogens is 3. The molecule has 0 fully saturated rings. The number of fused-ring (bicyclic) bond motifs is 12. The van der Waals surface area contributed by atoms with Crippen molar-refractivity contribution in [2.75, 3.05) is 0 Å². The highest BCUT2D eigenvalue weighted by atomic mass is 15.0. The Morgan fingerprint density at radius 3 is 2.06 bits per heavy atom. The molecule has 3 N–H and O–H groups in total. The van der Waals surface area contributed by atoms with Crippen molar-refractivity contribution >= 4 is 71.6 Å². The summed E-state index contributed by atoms with van der Waals surface area (Å²) in [5.74, 6) is 0.417. The zero-order valence-corrected chi connectivity index (χ0v) is 27.5. The molecular weight excluding hydrogens is 625 g/mol. The van der Waals surface area contributed by atoms with E-state index in [2.05, 4.69) is 110 Å². The average molecular weight is 655 g/mol. The van der Waals surface area contributed by atoms with Gasteiger partial charge in [0, 0.05) is 55.5 Å². The molecule has 4 heterocycles. The highest BCUT2D eigenvalue weighted by Gasteiger charge is 2.20. The van der Waals surface area contributed by atoms with Crippen LogP contribution in [-0.2, 0) is 0 Å². The third-order valence-corrected chi connectivity index (χ3v) is 9.99. The molecule has 0 saturated carbocycles. The van der Waals surface area contributed by atoms with E-state index in [1.54, 1.807) is 0 Å². The second kappa shape index (κ2) is 11.3. The van der Waals surface area contributed by atoms with Crippen LogP contribution in [0.2, 0.25) is 0 Å². The predicted molar refractivity (Wildman–Crippen MR) is 211 cm³/mol. The number of hydrogen-bond acceptors (Lipinski definition) is 2. The maximum atomic E-state index is 8.95. The summed E-state index contributed by atoms with van der Waals surface area (Å²) >= 11 is 0. The SMILES string of the molecule is N=C(N=C(N)c1ccccc1)c1cccc(-n2c3ccc(-c4ccccn4)cc3c3ccc4c(cc5c6ccccc6c6ccccc6n54)c32)c1. The first-order chi connectivity index (χ1) is 25.1. The summed E-state index contributed by atoms with van der Waals surface area (Å²) < 4.78 is 4.74. The molecule has 51 heavy (non-hydrogen) atoms. The van der Waals surface area contributed by atoms with Crippen LogP contribution in [0.25, 0.3) is 76.8 Å². The third-order valence-electron chi connectivity index (χ3n) is 9.99. The van der Waals surface area contributed by atoms with E-state index in [0.717, 1.165) is 55.2 Å². The van der Waals surface area contributed by atoms with Crippen LogP contribution in [0.4, 0.5) is 0 Å². The first kappa shape index (κ1) is 28.9. The summed E-state index contributed by atoms with van der Waals surface area (Å²) in [5, 5.41) is 16.1. The summed E-state index contributed by atoms with van der Waals surface area (Å²) in [6.07, 6.45) is 1.83. The van der Waals surface area contributed by atoms with Crippen LogP contribution in [-0.4, -0.2) is 25.6 Å². The maximum absolute atomic E-state index is 8.95. The standard InChI is InChI=1S/C45H30N6/c46-44(28-11-2-1-3-12-28)49-45(47)30-13-10-14-31(25-30)50-40-22-20-29(38-18-8-9-24-48-38)26-36(40)35-21-23-41-37(43(35)50)27-42-34-17-5-4-15-32(34)33-16-6-7-19-39(33)51(41)42/h1-27H,(H3,46,47,49). The fourth-order valence-electron chi connectivity index (χ4n) is 7.70. The van der Waals surface area contributed by atoms with E-state index in [4.69, 9.17) is 11.1 Å². The van der Waals surface area contributed by atoms with Crippen LogP contribution in [0.15, 0.2) is 169 Å². The lowest BCUT2D eigenvalue weighted by Gasteiger charge is -2.11. The Kier molecular flexibility index (Phi) is 6.38. The van der Waals surface area contributed by atoms with E-state index in [1.807, 2.05) is 72.9 Å². The second-order valence-corrected chi connectivity index (χ2v) is 12.9. The first-order valence-corrected chi connectivity index (χ1v) is 17.0. The maximum Gasteiger partial charge on any atom is 0.154 e. The zero-order chi connectivity index (χ0) is 34.1. The summed E-state index contributed by atoms with van der Waals surface area (Å²) in [6.45, 7) is 0. The van der Waals surface area contributed by atoms with Crippen molar-refractivity contribution < 1.29 is 0 Å². The van der Waals surface area contributed by atoms with Gasteiger partial charge in [-0.3, -0.25) is 10.4 Å². The predicted octanol–water partition coefficient (Wildman–Crippen LogP) is 10.3. The minimum Gasteiger partial charge on any atom is -0.383 e.